The van der Waals surface area contributed by atoms with Crippen LogP contribution in [0.25, 0.3) is 0 Å². The number of benzene rings is 1. The molecule has 0 aliphatic heterocycles. The lowest BCUT2D eigenvalue weighted by Crippen LogP contribution is -2.21. The summed E-state index contributed by atoms with van der Waals surface area (Å²) in [6.45, 7) is 5.11. The van der Waals surface area contributed by atoms with Crippen LogP contribution in [0.4, 0.5) is 11.5 Å². The van der Waals surface area contributed by atoms with Crippen molar-refractivity contribution in [2.75, 3.05) is 23.8 Å². The monoisotopic (exact) mass is 289 g/mol. The van der Waals surface area contributed by atoms with Gasteiger partial charge in [-0.1, -0.05) is 23.7 Å². The van der Waals surface area contributed by atoms with Gasteiger partial charge in [0, 0.05) is 36.6 Å². The second kappa shape index (κ2) is 6.62. The van der Waals surface area contributed by atoms with E-state index in [-0.39, 0.29) is 6.04 Å². The highest BCUT2D eigenvalue weighted by Gasteiger charge is 2.12. The van der Waals surface area contributed by atoms with Crippen LogP contribution in [0.2, 0.25) is 5.02 Å². The van der Waals surface area contributed by atoms with Gasteiger partial charge in [0.25, 0.3) is 0 Å². The van der Waals surface area contributed by atoms with E-state index < -0.39 is 0 Å². The summed E-state index contributed by atoms with van der Waals surface area (Å²) in [7, 11) is 2.09. The highest BCUT2D eigenvalue weighted by Crippen LogP contribution is 2.27. The Labute approximate surface area is 125 Å². The van der Waals surface area contributed by atoms with Crippen molar-refractivity contribution in [2.45, 2.75) is 19.9 Å². The smallest absolute Gasteiger partial charge is 0.127 e. The number of pyridine rings is 1. The molecule has 1 heterocycles. The van der Waals surface area contributed by atoms with E-state index in [4.69, 9.17) is 11.6 Å². The summed E-state index contributed by atoms with van der Waals surface area (Å²) in [5.41, 5.74) is 2.37. The van der Waals surface area contributed by atoms with Gasteiger partial charge in [-0.25, -0.2) is 4.98 Å². The lowest BCUT2D eigenvalue weighted by Gasteiger charge is -2.27. The molecule has 0 amide bonds. The largest absolute Gasteiger partial charge is 0.370 e. The standard InChI is InChI=1S/C16H20ClN3/c1-4-18-16-11-15(9-10-19-16)20(3)12(2)13-5-7-14(17)8-6-13/h5-12H,4H2,1-3H3,(H,18,19). The summed E-state index contributed by atoms with van der Waals surface area (Å²) >= 11 is 5.94. The molecule has 4 heteroatoms. The Morgan fingerprint density at radius 1 is 1.25 bits per heavy atom. The lowest BCUT2D eigenvalue weighted by molar-refractivity contribution is 0.739. The van der Waals surface area contributed by atoms with Crippen molar-refractivity contribution in [1.82, 2.24) is 4.98 Å². The van der Waals surface area contributed by atoms with Gasteiger partial charge < -0.3 is 10.2 Å². The van der Waals surface area contributed by atoms with Crippen LogP contribution in [-0.4, -0.2) is 18.6 Å². The Morgan fingerprint density at radius 3 is 2.60 bits per heavy atom. The quantitative estimate of drug-likeness (QED) is 0.886. The number of nitrogens with one attached hydrogen (secondary N) is 1. The molecule has 3 nitrogen and oxygen atoms in total. The number of anilines is 2. The van der Waals surface area contributed by atoms with Crippen molar-refractivity contribution in [3.63, 3.8) is 0 Å². The number of rotatable bonds is 5. The Kier molecular flexibility index (Phi) is 4.85. The summed E-state index contributed by atoms with van der Waals surface area (Å²) in [6, 6.07) is 12.3. The van der Waals surface area contributed by atoms with Crippen LogP contribution in [-0.2, 0) is 0 Å². The van der Waals surface area contributed by atoms with E-state index in [2.05, 4.69) is 54.3 Å². The van der Waals surface area contributed by atoms with Crippen molar-refractivity contribution in [3.8, 4) is 0 Å². The number of aromatic nitrogens is 1. The van der Waals surface area contributed by atoms with Gasteiger partial charge >= 0.3 is 0 Å². The van der Waals surface area contributed by atoms with Gasteiger partial charge in [0.1, 0.15) is 5.82 Å². The number of halogens is 1. The van der Waals surface area contributed by atoms with Crippen LogP contribution in [0.15, 0.2) is 42.6 Å². The SMILES string of the molecule is CCNc1cc(N(C)C(C)c2ccc(Cl)cc2)ccn1. The minimum absolute atomic E-state index is 0.268. The summed E-state index contributed by atoms with van der Waals surface area (Å²) in [5.74, 6) is 0.903. The highest BCUT2D eigenvalue weighted by molar-refractivity contribution is 6.30. The Hall–Kier alpha value is -1.74. The third kappa shape index (κ3) is 3.42. The van der Waals surface area contributed by atoms with Crippen LogP contribution in [0.1, 0.15) is 25.5 Å². The zero-order chi connectivity index (χ0) is 14.5. The first-order chi connectivity index (χ1) is 9.61. The molecule has 2 rings (SSSR count). The molecule has 0 fully saturated rings. The molecule has 0 aliphatic carbocycles. The first kappa shape index (κ1) is 14.7. The van der Waals surface area contributed by atoms with Crippen LogP contribution >= 0.6 is 11.6 Å². The van der Waals surface area contributed by atoms with E-state index in [1.165, 1.54) is 5.56 Å². The number of hydrogen-bond donors (Lipinski definition) is 1. The van der Waals surface area contributed by atoms with Crippen LogP contribution < -0.4 is 10.2 Å². The summed E-state index contributed by atoms with van der Waals surface area (Å²) in [6.07, 6.45) is 1.83. The fourth-order valence-corrected chi connectivity index (χ4v) is 2.23. The Bertz CT molecular complexity index is 554. The third-order valence-corrected chi connectivity index (χ3v) is 3.69. The lowest BCUT2D eigenvalue weighted by atomic mass is 10.1. The molecular weight excluding hydrogens is 270 g/mol. The van der Waals surface area contributed by atoms with E-state index in [9.17, 15) is 0 Å². The van der Waals surface area contributed by atoms with Gasteiger partial charge in [-0.2, -0.15) is 0 Å². The van der Waals surface area contributed by atoms with Gasteiger partial charge in [-0.05, 0) is 37.6 Å². The minimum Gasteiger partial charge on any atom is -0.370 e. The predicted octanol–water partition coefficient (Wildman–Crippen LogP) is 4.36. The van der Waals surface area contributed by atoms with Gasteiger partial charge in [0.05, 0.1) is 6.04 Å². The number of hydrogen-bond acceptors (Lipinski definition) is 3. The molecule has 1 aromatic heterocycles. The molecule has 0 bridgehead atoms. The summed E-state index contributed by atoms with van der Waals surface area (Å²) in [5, 5.41) is 4.00. The fraction of sp³-hybridized carbons (Fsp3) is 0.312. The molecule has 0 saturated carbocycles. The van der Waals surface area contributed by atoms with Crippen molar-refractivity contribution >= 4 is 23.1 Å². The van der Waals surface area contributed by atoms with Crippen molar-refractivity contribution in [3.05, 3.63) is 53.2 Å². The number of nitrogens with zero attached hydrogens (tertiary/aromatic N) is 2. The topological polar surface area (TPSA) is 28.2 Å². The minimum atomic E-state index is 0.268. The highest BCUT2D eigenvalue weighted by atomic mass is 35.5. The molecule has 20 heavy (non-hydrogen) atoms. The van der Waals surface area contributed by atoms with Crippen LogP contribution in [0, 0.1) is 0 Å². The van der Waals surface area contributed by atoms with E-state index in [1.807, 2.05) is 24.4 Å². The molecule has 1 aromatic carbocycles. The average molecular weight is 290 g/mol. The fourth-order valence-electron chi connectivity index (χ4n) is 2.11. The molecule has 0 spiro atoms. The van der Waals surface area contributed by atoms with Crippen molar-refractivity contribution < 1.29 is 0 Å². The summed E-state index contributed by atoms with van der Waals surface area (Å²) < 4.78 is 0. The van der Waals surface area contributed by atoms with E-state index >= 15 is 0 Å². The van der Waals surface area contributed by atoms with Gasteiger partial charge in [-0.15, -0.1) is 0 Å². The molecule has 0 aliphatic rings. The van der Waals surface area contributed by atoms with Crippen LogP contribution in [0.3, 0.4) is 0 Å². The van der Waals surface area contributed by atoms with Gasteiger partial charge in [0.15, 0.2) is 0 Å². The molecule has 0 saturated heterocycles. The first-order valence-electron chi connectivity index (χ1n) is 6.80. The summed E-state index contributed by atoms with van der Waals surface area (Å²) in [4.78, 5) is 6.53. The maximum Gasteiger partial charge on any atom is 0.127 e. The normalized spacial score (nSPS) is 12.0. The molecule has 0 radical (unpaired) electrons. The van der Waals surface area contributed by atoms with Crippen molar-refractivity contribution in [1.29, 1.82) is 0 Å². The molecule has 106 valence electrons. The molecule has 2 aromatic rings. The van der Waals surface area contributed by atoms with Crippen LogP contribution in [0.5, 0.6) is 0 Å². The maximum atomic E-state index is 5.94. The Balaban J connectivity index is 2.19. The second-order valence-corrected chi connectivity index (χ2v) is 5.20. The molecule has 1 unspecified atom stereocenters. The van der Waals surface area contributed by atoms with Gasteiger partial charge in [0.2, 0.25) is 0 Å². The zero-order valence-electron chi connectivity index (χ0n) is 12.1. The second-order valence-electron chi connectivity index (χ2n) is 4.77. The first-order valence-corrected chi connectivity index (χ1v) is 7.18. The Morgan fingerprint density at radius 2 is 1.95 bits per heavy atom. The predicted molar refractivity (Wildman–Crippen MR) is 86.7 cm³/mol. The van der Waals surface area contributed by atoms with E-state index in [1.54, 1.807) is 0 Å². The van der Waals surface area contributed by atoms with Crippen molar-refractivity contribution in [2.24, 2.45) is 0 Å². The van der Waals surface area contributed by atoms with Gasteiger partial charge in [-0.3, -0.25) is 0 Å². The maximum absolute atomic E-state index is 5.94. The van der Waals surface area contributed by atoms with E-state index in [0.717, 1.165) is 23.1 Å². The average Bonchev–Trinajstić information content (AvgIpc) is 2.47. The molecule has 1 N–H and O–H groups in total. The molecule has 1 atom stereocenters. The van der Waals surface area contributed by atoms with E-state index in [0.29, 0.717) is 0 Å². The third-order valence-electron chi connectivity index (χ3n) is 3.44. The zero-order valence-corrected chi connectivity index (χ0v) is 12.9. The molecular formula is C16H20ClN3.